The van der Waals surface area contributed by atoms with Crippen LogP contribution in [0.15, 0.2) is 48.2 Å². The van der Waals surface area contributed by atoms with Crippen LogP contribution >= 0.6 is 11.6 Å². The quantitative estimate of drug-likeness (QED) is 0.481. The van der Waals surface area contributed by atoms with Gasteiger partial charge in [0.1, 0.15) is 5.75 Å². The predicted octanol–water partition coefficient (Wildman–Crippen LogP) is 6.06. The Balaban J connectivity index is 1.44. The van der Waals surface area contributed by atoms with Crippen LogP contribution in [-0.2, 0) is 10.9 Å². The van der Waals surface area contributed by atoms with Crippen molar-refractivity contribution < 1.29 is 22.6 Å². The molecule has 0 amide bonds. The number of pyridine rings is 1. The molecule has 6 nitrogen and oxygen atoms in total. The third-order valence-corrected chi connectivity index (χ3v) is 6.26. The monoisotopic (exact) mass is 490 g/mol. The van der Waals surface area contributed by atoms with Gasteiger partial charge in [0.05, 0.1) is 35.0 Å². The maximum atomic E-state index is 13.3. The molecule has 1 aliphatic heterocycles. The first-order valence-corrected chi connectivity index (χ1v) is 11.3. The van der Waals surface area contributed by atoms with Gasteiger partial charge in [-0.2, -0.15) is 18.2 Å². The molecule has 1 unspecified atom stereocenters. The summed E-state index contributed by atoms with van der Waals surface area (Å²) in [5.41, 5.74) is 2.75. The number of benzene rings is 1. The summed E-state index contributed by atoms with van der Waals surface area (Å²) in [7, 11) is 0. The molecule has 1 aromatic carbocycles. The normalized spacial score (nSPS) is 19.2. The van der Waals surface area contributed by atoms with Crippen LogP contribution in [0.3, 0.4) is 0 Å². The minimum atomic E-state index is -4.55. The lowest BCUT2D eigenvalue weighted by atomic mass is 9.90. The van der Waals surface area contributed by atoms with Crippen molar-refractivity contribution in [3.05, 3.63) is 64.5 Å². The zero-order valence-electron chi connectivity index (χ0n) is 18.3. The Labute approximate surface area is 199 Å². The number of morpholine rings is 1. The van der Waals surface area contributed by atoms with Gasteiger partial charge in [0.2, 0.25) is 0 Å². The number of halogens is 4. The highest BCUT2D eigenvalue weighted by Crippen LogP contribution is 2.39. The first-order chi connectivity index (χ1) is 16.3. The highest BCUT2D eigenvalue weighted by molar-refractivity contribution is 6.32. The van der Waals surface area contributed by atoms with Crippen molar-refractivity contribution in [3.8, 4) is 11.8 Å². The van der Waals surface area contributed by atoms with E-state index in [-0.39, 0.29) is 17.7 Å². The van der Waals surface area contributed by atoms with Crippen LogP contribution in [0.5, 0.6) is 11.8 Å². The second-order valence-corrected chi connectivity index (χ2v) is 8.72. The van der Waals surface area contributed by atoms with Crippen LogP contribution in [0.4, 0.5) is 13.2 Å². The van der Waals surface area contributed by atoms with Gasteiger partial charge in [-0.3, -0.25) is 0 Å². The Bertz CT molecular complexity index is 1280. The van der Waals surface area contributed by atoms with Crippen molar-refractivity contribution in [2.24, 2.45) is 5.92 Å². The molecule has 1 N–H and O–H groups in total. The number of fused-ring (bicyclic) bond motifs is 1. The van der Waals surface area contributed by atoms with Gasteiger partial charge in [-0.15, -0.1) is 0 Å². The molecule has 178 valence electrons. The fourth-order valence-electron chi connectivity index (χ4n) is 4.33. The molecule has 5 rings (SSSR count). The first kappa shape index (κ1) is 22.7. The number of para-hydroxylation sites is 1. The molecule has 0 radical (unpaired) electrons. The number of ether oxygens (including phenoxy) is 2. The van der Waals surface area contributed by atoms with Gasteiger partial charge < -0.3 is 19.4 Å². The molecule has 10 heteroatoms. The number of hydrogen-bond donors (Lipinski definition) is 1. The molecular weight excluding hydrogens is 469 g/mol. The number of rotatable bonds is 4. The Morgan fingerprint density at radius 3 is 2.65 bits per heavy atom. The Morgan fingerprint density at radius 2 is 1.91 bits per heavy atom. The van der Waals surface area contributed by atoms with E-state index in [1.807, 2.05) is 6.08 Å². The van der Waals surface area contributed by atoms with Crippen LogP contribution in [0, 0.1) is 5.92 Å². The van der Waals surface area contributed by atoms with Gasteiger partial charge in [-0.25, -0.2) is 4.98 Å². The van der Waals surface area contributed by atoms with Crippen molar-refractivity contribution in [1.29, 1.82) is 0 Å². The minimum Gasteiger partial charge on any atom is -0.425 e. The highest BCUT2D eigenvalue weighted by Gasteiger charge is 2.34. The van der Waals surface area contributed by atoms with Crippen molar-refractivity contribution in [2.45, 2.75) is 19.5 Å². The molecule has 2 aliphatic rings. The third-order valence-electron chi connectivity index (χ3n) is 5.97. The zero-order valence-corrected chi connectivity index (χ0v) is 19.1. The number of nitrogens with one attached hydrogen (secondary N) is 1. The minimum absolute atomic E-state index is 0.0899. The second-order valence-electron chi connectivity index (χ2n) is 8.32. The summed E-state index contributed by atoms with van der Waals surface area (Å²) >= 11 is 6.54. The van der Waals surface area contributed by atoms with Crippen LogP contribution in [0.1, 0.15) is 24.6 Å². The Hall–Kier alpha value is -3.04. The molecule has 1 atom stereocenters. The number of aromatic nitrogens is 3. The van der Waals surface area contributed by atoms with Crippen LogP contribution in [0.2, 0.25) is 5.02 Å². The summed E-state index contributed by atoms with van der Waals surface area (Å²) in [6, 6.07) is 6.56. The molecular formula is C24H22ClF3N4O2. The summed E-state index contributed by atoms with van der Waals surface area (Å²) in [5.74, 6) is -0.0615. The second kappa shape index (κ2) is 8.96. The largest absolute Gasteiger partial charge is 0.425 e. The van der Waals surface area contributed by atoms with Gasteiger partial charge in [-0.1, -0.05) is 36.7 Å². The Morgan fingerprint density at radius 1 is 1.15 bits per heavy atom. The number of aromatic amines is 1. The maximum absolute atomic E-state index is 13.3. The van der Waals surface area contributed by atoms with E-state index in [1.54, 1.807) is 6.07 Å². The summed E-state index contributed by atoms with van der Waals surface area (Å²) in [4.78, 5) is 14.0. The van der Waals surface area contributed by atoms with Crippen LogP contribution in [-0.4, -0.2) is 46.2 Å². The van der Waals surface area contributed by atoms with E-state index in [0.29, 0.717) is 21.9 Å². The third kappa shape index (κ3) is 4.50. The molecule has 1 saturated heterocycles. The van der Waals surface area contributed by atoms with Gasteiger partial charge in [0.25, 0.3) is 0 Å². The molecule has 0 spiro atoms. The maximum Gasteiger partial charge on any atom is 0.419 e. The molecule has 2 aromatic heterocycles. The number of allylic oxidation sites excluding steroid dienone is 4. The van der Waals surface area contributed by atoms with Gasteiger partial charge in [0, 0.05) is 24.7 Å². The van der Waals surface area contributed by atoms with Gasteiger partial charge >= 0.3 is 12.2 Å². The lowest BCUT2D eigenvalue weighted by Gasteiger charge is -2.35. The predicted molar refractivity (Wildman–Crippen MR) is 123 cm³/mol. The van der Waals surface area contributed by atoms with E-state index in [9.17, 15) is 13.2 Å². The van der Waals surface area contributed by atoms with E-state index in [1.165, 1.54) is 23.9 Å². The SMILES string of the molecule is CC1CC(c2nc3nc(Oc4ccccc4C(F)(F)F)[nH]c3cc2Cl)=CC=C1N1CCOCC1. The van der Waals surface area contributed by atoms with E-state index in [0.717, 1.165) is 44.4 Å². The standard InChI is InChI=1S/C24H22ClF3N4O2/c1-14-12-15(6-7-19(14)32-8-10-33-11-9-32)21-17(25)13-18-22(30-21)31-23(29-18)34-20-5-3-2-4-16(20)24(26,27)28/h2-7,13-14H,8-12H2,1H3,(H,29,30,31). The number of nitrogens with zero attached hydrogens (tertiary/aromatic N) is 3. The first-order valence-electron chi connectivity index (χ1n) is 10.9. The van der Waals surface area contributed by atoms with Crippen LogP contribution < -0.4 is 4.74 Å². The van der Waals surface area contributed by atoms with E-state index < -0.39 is 11.7 Å². The lowest BCUT2D eigenvalue weighted by molar-refractivity contribution is -0.138. The molecule has 1 aliphatic carbocycles. The Kier molecular flexibility index (Phi) is 5.99. The molecule has 1 fully saturated rings. The number of imidazole rings is 1. The van der Waals surface area contributed by atoms with Crippen molar-refractivity contribution in [3.63, 3.8) is 0 Å². The van der Waals surface area contributed by atoms with Crippen LogP contribution in [0.25, 0.3) is 16.7 Å². The summed E-state index contributed by atoms with van der Waals surface area (Å²) < 4.78 is 50.7. The highest BCUT2D eigenvalue weighted by atomic mass is 35.5. The van der Waals surface area contributed by atoms with Gasteiger partial charge in [0.15, 0.2) is 5.65 Å². The zero-order chi connectivity index (χ0) is 23.9. The number of H-pyrrole nitrogens is 1. The summed E-state index contributed by atoms with van der Waals surface area (Å²) in [6.45, 7) is 5.36. The molecule has 3 aromatic rings. The molecule has 0 saturated carbocycles. The topological polar surface area (TPSA) is 63.3 Å². The molecule has 0 bridgehead atoms. The fraction of sp³-hybridized carbons (Fsp3) is 0.333. The van der Waals surface area contributed by atoms with E-state index in [2.05, 4.69) is 32.9 Å². The van der Waals surface area contributed by atoms with E-state index in [4.69, 9.17) is 21.1 Å². The summed E-state index contributed by atoms with van der Waals surface area (Å²) in [5, 5.41) is 0.431. The molecule has 3 heterocycles. The van der Waals surface area contributed by atoms with Crippen molar-refractivity contribution in [2.75, 3.05) is 26.3 Å². The fourth-order valence-corrected chi connectivity index (χ4v) is 4.60. The average molecular weight is 491 g/mol. The summed E-state index contributed by atoms with van der Waals surface area (Å²) in [6.07, 6.45) is 0.335. The van der Waals surface area contributed by atoms with Crippen molar-refractivity contribution >= 4 is 28.3 Å². The smallest absolute Gasteiger partial charge is 0.419 e. The molecule has 34 heavy (non-hydrogen) atoms. The van der Waals surface area contributed by atoms with Crippen molar-refractivity contribution in [1.82, 2.24) is 19.9 Å². The number of hydrogen-bond acceptors (Lipinski definition) is 5. The number of alkyl halides is 3. The van der Waals surface area contributed by atoms with E-state index >= 15 is 0 Å². The van der Waals surface area contributed by atoms with Gasteiger partial charge in [-0.05, 0) is 36.3 Å². The lowest BCUT2D eigenvalue weighted by Crippen LogP contribution is -2.37. The average Bonchev–Trinajstić information content (AvgIpc) is 3.19.